The van der Waals surface area contributed by atoms with Crippen molar-refractivity contribution in [3.05, 3.63) is 46.7 Å². The van der Waals surface area contributed by atoms with Gasteiger partial charge in [0.25, 0.3) is 0 Å². The van der Waals surface area contributed by atoms with Crippen LogP contribution in [-0.4, -0.2) is 14.9 Å². The van der Waals surface area contributed by atoms with Gasteiger partial charge in [-0.25, -0.2) is 0 Å². The van der Waals surface area contributed by atoms with E-state index in [4.69, 9.17) is 11.6 Å². The number of aryl methyl sites for hydroxylation is 1. The Morgan fingerprint density at radius 3 is 2.84 bits per heavy atom. The van der Waals surface area contributed by atoms with Crippen LogP contribution in [0.2, 0.25) is 5.02 Å². The van der Waals surface area contributed by atoms with Crippen molar-refractivity contribution < 1.29 is 5.11 Å². The van der Waals surface area contributed by atoms with E-state index in [1.165, 1.54) is 0 Å². The number of phenolic OH excluding ortho intramolecular Hbond substituents is 1. The number of unbranched alkanes of at least 4 members (excludes halogenated alkanes) is 1. The highest BCUT2D eigenvalue weighted by Crippen LogP contribution is 2.32. The van der Waals surface area contributed by atoms with Gasteiger partial charge in [0.15, 0.2) is 0 Å². The number of aromatic hydroxyl groups is 1. The highest BCUT2D eigenvalue weighted by molar-refractivity contribution is 6.30. The second-order valence-electron chi connectivity index (χ2n) is 4.76. The van der Waals surface area contributed by atoms with Crippen molar-refractivity contribution in [2.45, 2.75) is 39.2 Å². The van der Waals surface area contributed by atoms with Gasteiger partial charge in [-0.1, -0.05) is 37.9 Å². The van der Waals surface area contributed by atoms with Gasteiger partial charge in [-0.3, -0.25) is 4.68 Å². The summed E-state index contributed by atoms with van der Waals surface area (Å²) in [4.78, 5) is 0. The first-order valence-corrected chi connectivity index (χ1v) is 7.01. The molecule has 19 heavy (non-hydrogen) atoms. The van der Waals surface area contributed by atoms with Crippen molar-refractivity contribution in [3.63, 3.8) is 0 Å². The highest BCUT2D eigenvalue weighted by atomic mass is 35.5. The second kappa shape index (κ2) is 6.11. The SMILES string of the molecule is CCCCn1nccc1C(C)c1ccc(Cl)cc1O. The third-order valence-electron chi connectivity index (χ3n) is 3.38. The summed E-state index contributed by atoms with van der Waals surface area (Å²) >= 11 is 5.87. The molecule has 0 radical (unpaired) electrons. The van der Waals surface area contributed by atoms with Gasteiger partial charge in [0.1, 0.15) is 5.75 Å². The summed E-state index contributed by atoms with van der Waals surface area (Å²) in [5.74, 6) is 0.333. The number of rotatable bonds is 5. The number of halogens is 1. The summed E-state index contributed by atoms with van der Waals surface area (Å²) in [6.45, 7) is 5.15. The fourth-order valence-electron chi connectivity index (χ4n) is 2.25. The molecule has 3 nitrogen and oxygen atoms in total. The Kier molecular flexibility index (Phi) is 4.48. The summed E-state index contributed by atoms with van der Waals surface area (Å²) in [5.41, 5.74) is 1.99. The molecule has 1 heterocycles. The fourth-order valence-corrected chi connectivity index (χ4v) is 2.41. The van der Waals surface area contributed by atoms with Gasteiger partial charge < -0.3 is 5.11 Å². The molecule has 1 aromatic heterocycles. The van der Waals surface area contributed by atoms with E-state index < -0.39 is 0 Å². The predicted octanol–water partition coefficient (Wildman–Crippen LogP) is 4.19. The summed E-state index contributed by atoms with van der Waals surface area (Å²) in [6.07, 6.45) is 4.06. The largest absolute Gasteiger partial charge is 0.508 e. The first kappa shape index (κ1) is 13.9. The lowest BCUT2D eigenvalue weighted by atomic mass is 9.96. The molecule has 0 aliphatic heterocycles. The van der Waals surface area contributed by atoms with Gasteiger partial charge in [-0.15, -0.1) is 0 Å². The van der Waals surface area contributed by atoms with Crippen molar-refractivity contribution in [1.82, 2.24) is 9.78 Å². The molecular formula is C15H19ClN2O. The van der Waals surface area contributed by atoms with Crippen LogP contribution in [-0.2, 0) is 6.54 Å². The van der Waals surface area contributed by atoms with Crippen LogP contribution in [0.5, 0.6) is 5.75 Å². The minimum Gasteiger partial charge on any atom is -0.508 e. The first-order chi connectivity index (χ1) is 9.13. The molecule has 0 aliphatic rings. The number of nitrogens with zero attached hydrogens (tertiary/aromatic N) is 2. The lowest BCUT2D eigenvalue weighted by molar-refractivity contribution is 0.463. The van der Waals surface area contributed by atoms with Gasteiger partial charge in [0.2, 0.25) is 0 Å². The summed E-state index contributed by atoms with van der Waals surface area (Å²) in [7, 11) is 0. The second-order valence-corrected chi connectivity index (χ2v) is 5.19. The molecule has 0 bridgehead atoms. The quantitative estimate of drug-likeness (QED) is 0.890. The Labute approximate surface area is 118 Å². The molecule has 2 rings (SSSR count). The van der Waals surface area contributed by atoms with Crippen LogP contribution in [0.25, 0.3) is 0 Å². The van der Waals surface area contributed by atoms with Crippen molar-refractivity contribution in [2.75, 3.05) is 0 Å². The number of phenols is 1. The molecule has 2 aromatic rings. The molecule has 0 spiro atoms. The zero-order chi connectivity index (χ0) is 13.8. The number of benzene rings is 1. The van der Waals surface area contributed by atoms with Gasteiger partial charge in [-0.2, -0.15) is 5.10 Å². The molecule has 0 saturated heterocycles. The number of aromatic nitrogens is 2. The van der Waals surface area contributed by atoms with Crippen LogP contribution in [0.15, 0.2) is 30.5 Å². The lowest BCUT2D eigenvalue weighted by Crippen LogP contribution is -2.08. The van der Waals surface area contributed by atoms with E-state index in [2.05, 4.69) is 18.9 Å². The van der Waals surface area contributed by atoms with Crippen LogP contribution < -0.4 is 0 Å². The standard InChI is InChI=1S/C15H19ClN2O/c1-3-4-9-18-14(7-8-17-18)11(2)13-6-5-12(16)10-15(13)19/h5-8,10-11,19H,3-4,9H2,1-2H3. The normalized spacial score (nSPS) is 12.6. The van der Waals surface area contributed by atoms with Crippen molar-refractivity contribution in [3.8, 4) is 5.75 Å². The van der Waals surface area contributed by atoms with Crippen LogP contribution >= 0.6 is 11.6 Å². The number of hydrogen-bond donors (Lipinski definition) is 1. The zero-order valence-corrected chi connectivity index (χ0v) is 12.1. The number of hydrogen-bond acceptors (Lipinski definition) is 2. The van der Waals surface area contributed by atoms with Crippen LogP contribution in [0, 0.1) is 0 Å². The maximum absolute atomic E-state index is 10.0. The Bertz CT molecular complexity index is 551. The Morgan fingerprint density at radius 2 is 2.16 bits per heavy atom. The molecule has 0 amide bonds. The lowest BCUT2D eigenvalue weighted by Gasteiger charge is -2.16. The Balaban J connectivity index is 2.28. The minimum absolute atomic E-state index is 0.0941. The molecule has 1 atom stereocenters. The average Bonchev–Trinajstić information content (AvgIpc) is 2.83. The molecule has 1 N–H and O–H groups in total. The molecule has 0 aliphatic carbocycles. The van der Waals surface area contributed by atoms with Gasteiger partial charge in [0, 0.05) is 34.9 Å². The molecule has 4 heteroatoms. The molecule has 0 fully saturated rings. The highest BCUT2D eigenvalue weighted by Gasteiger charge is 2.16. The fraction of sp³-hybridized carbons (Fsp3) is 0.400. The maximum Gasteiger partial charge on any atom is 0.120 e. The molecule has 1 aromatic carbocycles. The monoisotopic (exact) mass is 278 g/mol. The van der Waals surface area contributed by atoms with Crippen molar-refractivity contribution in [1.29, 1.82) is 0 Å². The first-order valence-electron chi connectivity index (χ1n) is 6.63. The molecule has 0 saturated carbocycles. The van der Waals surface area contributed by atoms with Crippen LogP contribution in [0.1, 0.15) is 43.9 Å². The maximum atomic E-state index is 10.0. The van der Waals surface area contributed by atoms with Crippen LogP contribution in [0.4, 0.5) is 0 Å². The third-order valence-corrected chi connectivity index (χ3v) is 3.61. The van der Waals surface area contributed by atoms with E-state index >= 15 is 0 Å². The van der Waals surface area contributed by atoms with Crippen LogP contribution in [0.3, 0.4) is 0 Å². The molecule has 1 unspecified atom stereocenters. The minimum atomic E-state index is 0.0941. The Morgan fingerprint density at radius 1 is 1.37 bits per heavy atom. The van der Waals surface area contributed by atoms with E-state index in [1.807, 2.05) is 23.0 Å². The van der Waals surface area contributed by atoms with Crippen molar-refractivity contribution in [2.24, 2.45) is 0 Å². The van der Waals surface area contributed by atoms with E-state index in [1.54, 1.807) is 12.1 Å². The van der Waals surface area contributed by atoms with Crippen molar-refractivity contribution >= 4 is 11.6 Å². The predicted molar refractivity (Wildman–Crippen MR) is 77.8 cm³/mol. The zero-order valence-electron chi connectivity index (χ0n) is 11.3. The molecule has 102 valence electrons. The van der Waals surface area contributed by atoms with E-state index in [-0.39, 0.29) is 11.7 Å². The Hall–Kier alpha value is -1.48. The third kappa shape index (κ3) is 3.10. The summed E-state index contributed by atoms with van der Waals surface area (Å²) in [5, 5.41) is 14.9. The molecular weight excluding hydrogens is 260 g/mol. The van der Waals surface area contributed by atoms with Gasteiger partial charge in [0.05, 0.1) is 0 Å². The smallest absolute Gasteiger partial charge is 0.120 e. The average molecular weight is 279 g/mol. The van der Waals surface area contributed by atoms with Gasteiger partial charge >= 0.3 is 0 Å². The summed E-state index contributed by atoms with van der Waals surface area (Å²) in [6, 6.07) is 7.27. The topological polar surface area (TPSA) is 38.0 Å². The van der Waals surface area contributed by atoms with E-state index in [0.29, 0.717) is 5.02 Å². The van der Waals surface area contributed by atoms with Gasteiger partial charge in [-0.05, 0) is 24.6 Å². The van der Waals surface area contributed by atoms with E-state index in [9.17, 15) is 5.11 Å². The van der Waals surface area contributed by atoms with E-state index in [0.717, 1.165) is 30.6 Å². The summed E-state index contributed by atoms with van der Waals surface area (Å²) < 4.78 is 2.02.